The molecule has 8 aromatic rings. The van der Waals surface area contributed by atoms with Crippen LogP contribution in [0.4, 0.5) is 31.1 Å². The number of likely N-dealkylation sites (tertiary alicyclic amines) is 1. The highest BCUT2D eigenvalue weighted by Gasteiger charge is 2.54. The second-order valence-corrected chi connectivity index (χ2v) is 17.8. The number of piperidine rings is 2. The van der Waals surface area contributed by atoms with Crippen LogP contribution in [0.2, 0.25) is 0 Å². The van der Waals surface area contributed by atoms with Gasteiger partial charge >= 0.3 is 30.0 Å². The van der Waals surface area contributed by atoms with Gasteiger partial charge in [-0.3, -0.25) is 9.59 Å². The molecular formula is C52H52F6N8O4. The molecule has 0 atom stereocenters. The number of aromatic nitrogens is 6. The Hall–Kier alpha value is -7.21. The number of carbonyl (C=O) groups excluding carboxylic acids is 3. The normalized spacial score (nSPS) is 14.9. The third-order valence-electron chi connectivity index (χ3n) is 12.0. The Balaban J connectivity index is 0.000000169. The number of ether oxygens (including phenoxy) is 1. The molecule has 2 saturated heterocycles. The smallest absolute Gasteiger partial charge is 0.444 e. The van der Waals surface area contributed by atoms with Gasteiger partial charge in [0.25, 0.3) is 0 Å². The molecule has 2 aliphatic heterocycles. The van der Waals surface area contributed by atoms with E-state index in [9.17, 15) is 40.7 Å². The molecule has 4 aromatic carbocycles. The summed E-state index contributed by atoms with van der Waals surface area (Å²) in [5.41, 5.74) is 7.91. The van der Waals surface area contributed by atoms with Gasteiger partial charge in [0, 0.05) is 48.7 Å². The molecule has 2 fully saturated rings. The molecule has 12 nitrogen and oxygen atoms in total. The van der Waals surface area contributed by atoms with Gasteiger partial charge in [-0.05, 0) is 116 Å². The van der Waals surface area contributed by atoms with Crippen molar-refractivity contribution in [1.29, 1.82) is 0 Å². The van der Waals surface area contributed by atoms with E-state index >= 15 is 0 Å². The lowest BCUT2D eigenvalue weighted by atomic mass is 10.0. The van der Waals surface area contributed by atoms with E-state index in [4.69, 9.17) is 14.7 Å². The molecule has 0 aliphatic carbocycles. The number of Topliss-reactive ketones (excluding diaryl/α,β-unsaturated/α-hetero) is 2. The van der Waals surface area contributed by atoms with Gasteiger partial charge < -0.3 is 24.1 Å². The van der Waals surface area contributed by atoms with Gasteiger partial charge in [0.1, 0.15) is 16.6 Å². The summed E-state index contributed by atoms with van der Waals surface area (Å²) in [5, 5.41) is 8.38. The zero-order valence-corrected chi connectivity index (χ0v) is 37.9. The first kappa shape index (κ1) is 50.7. The Bertz CT molecular complexity index is 3120. The number of carbonyl (C=O) groups is 3. The number of rotatable bonds is 5. The average molecular weight is 967 g/mol. The minimum atomic E-state index is -5.77. The van der Waals surface area contributed by atoms with Crippen molar-refractivity contribution in [1.82, 2.24) is 39.3 Å². The zero-order chi connectivity index (χ0) is 49.1. The van der Waals surface area contributed by atoms with E-state index in [2.05, 4.69) is 115 Å². The number of nitrogens with one attached hydrogen (secondary N) is 1. The van der Waals surface area contributed by atoms with Gasteiger partial charge in [0.05, 0.1) is 12.7 Å². The summed E-state index contributed by atoms with van der Waals surface area (Å²) in [5.74, 6) is -6.81. The lowest BCUT2D eigenvalue weighted by Crippen LogP contribution is -2.42. The van der Waals surface area contributed by atoms with Crippen LogP contribution >= 0.6 is 0 Å². The second-order valence-electron chi connectivity index (χ2n) is 17.8. The Morgan fingerprint density at radius 2 is 0.986 bits per heavy atom. The van der Waals surface area contributed by atoms with Crippen molar-refractivity contribution in [3.05, 3.63) is 122 Å². The van der Waals surface area contributed by atoms with Crippen LogP contribution in [0, 0.1) is 0 Å². The molecule has 0 radical (unpaired) electrons. The number of ketones is 2. The van der Waals surface area contributed by atoms with Crippen LogP contribution in [0.3, 0.4) is 0 Å². The van der Waals surface area contributed by atoms with E-state index in [-0.39, 0.29) is 19.6 Å². The fraction of sp³-hybridized carbons (Fsp3) is 0.327. The number of benzene rings is 4. The fourth-order valence-corrected chi connectivity index (χ4v) is 8.58. The standard InChI is InChI=1S/C26H28N4O2.C21H20N4.C4F6O2.CH4/c1-26(2,3)32-25(31)29-14-11-21(12-15-29)30-17-28-23-22(10-13-27-24(23)30)20-9-8-18-6-4-5-7-19(18)16-20;1-2-4-16-13-17(6-5-15(16)3-1)19-9-12-23-21-20(19)24-14-25(21)18-7-10-22-11-8-18;5-3(6,7)1(11)2(12)4(8,9)10;/h4-10,13,16-17,21H,11-12,14-15H2,1-3H3;1-6,9,12-14,18,22H,7-8,10-11H2;;1H4. The van der Waals surface area contributed by atoms with Crippen molar-refractivity contribution in [3.8, 4) is 22.3 Å². The molecular weight excluding hydrogens is 915 g/mol. The highest BCUT2D eigenvalue weighted by molar-refractivity contribution is 6.41. The van der Waals surface area contributed by atoms with Gasteiger partial charge in [-0.25, -0.2) is 24.7 Å². The van der Waals surface area contributed by atoms with Gasteiger partial charge in [-0.2, -0.15) is 26.3 Å². The lowest BCUT2D eigenvalue weighted by Gasteiger charge is -2.33. The molecule has 6 heterocycles. The highest BCUT2D eigenvalue weighted by atomic mass is 19.4. The van der Waals surface area contributed by atoms with Crippen molar-refractivity contribution >= 4 is 61.5 Å². The van der Waals surface area contributed by atoms with Gasteiger partial charge in [-0.1, -0.05) is 80.2 Å². The zero-order valence-electron chi connectivity index (χ0n) is 37.9. The number of halogens is 6. The maximum absolute atomic E-state index is 12.4. The maximum atomic E-state index is 12.4. The Labute approximate surface area is 399 Å². The topological polar surface area (TPSA) is 137 Å². The van der Waals surface area contributed by atoms with Gasteiger partial charge in [0.15, 0.2) is 11.3 Å². The minimum Gasteiger partial charge on any atom is -0.444 e. The summed E-state index contributed by atoms with van der Waals surface area (Å²) in [7, 11) is 0. The van der Waals surface area contributed by atoms with Crippen molar-refractivity contribution in [3.63, 3.8) is 0 Å². The monoisotopic (exact) mass is 966 g/mol. The number of amides is 1. The number of nitrogens with zero attached hydrogens (tertiary/aromatic N) is 7. The molecule has 0 bridgehead atoms. The summed E-state index contributed by atoms with van der Waals surface area (Å²) >= 11 is 0. The number of fused-ring (bicyclic) bond motifs is 4. The summed E-state index contributed by atoms with van der Waals surface area (Å²) < 4.78 is 76.9. The Kier molecular flexibility index (Phi) is 15.0. The molecule has 2 aliphatic rings. The van der Waals surface area contributed by atoms with Crippen molar-refractivity contribution < 1.29 is 45.5 Å². The summed E-state index contributed by atoms with van der Waals surface area (Å²) in [4.78, 5) is 52.2. The number of imidazole rings is 2. The largest absolute Gasteiger partial charge is 0.458 e. The predicted molar refractivity (Wildman–Crippen MR) is 257 cm³/mol. The Morgan fingerprint density at radius 1 is 0.571 bits per heavy atom. The van der Waals surface area contributed by atoms with E-state index in [0.717, 1.165) is 77.8 Å². The van der Waals surface area contributed by atoms with Crippen LogP contribution in [-0.2, 0) is 14.3 Å². The number of pyridine rings is 2. The number of hydrogen-bond donors (Lipinski definition) is 1. The van der Waals surface area contributed by atoms with E-state index in [1.807, 2.05) is 51.9 Å². The summed E-state index contributed by atoms with van der Waals surface area (Å²) in [6.45, 7) is 9.16. The van der Waals surface area contributed by atoms with Gasteiger partial charge in [-0.15, -0.1) is 0 Å². The minimum absolute atomic E-state index is 0. The summed E-state index contributed by atoms with van der Waals surface area (Å²) in [6.07, 6.45) is -0.163. The van der Waals surface area contributed by atoms with Crippen LogP contribution < -0.4 is 5.32 Å². The maximum Gasteiger partial charge on any atom is 0.458 e. The molecule has 1 N–H and O–H groups in total. The van der Waals surface area contributed by atoms with E-state index in [1.54, 1.807) is 4.90 Å². The number of hydrogen-bond acceptors (Lipinski definition) is 9. The molecule has 70 heavy (non-hydrogen) atoms. The third kappa shape index (κ3) is 11.4. The second kappa shape index (κ2) is 20.8. The van der Waals surface area contributed by atoms with Crippen LogP contribution in [0.5, 0.6) is 0 Å². The molecule has 0 unspecified atom stereocenters. The van der Waals surface area contributed by atoms with Crippen LogP contribution in [0.1, 0.15) is 66.0 Å². The molecule has 18 heteroatoms. The van der Waals surface area contributed by atoms with Crippen LogP contribution in [0.15, 0.2) is 122 Å². The Morgan fingerprint density at radius 3 is 1.40 bits per heavy atom. The van der Waals surface area contributed by atoms with Crippen LogP contribution in [-0.4, -0.2) is 95.8 Å². The third-order valence-corrected chi connectivity index (χ3v) is 12.0. The summed E-state index contributed by atoms with van der Waals surface area (Å²) in [6, 6.07) is 34.8. The van der Waals surface area contributed by atoms with Crippen molar-refractivity contribution in [2.75, 3.05) is 26.2 Å². The lowest BCUT2D eigenvalue weighted by molar-refractivity contribution is -0.193. The molecule has 0 saturated carbocycles. The first-order chi connectivity index (χ1) is 32.9. The van der Waals surface area contributed by atoms with E-state index in [1.165, 1.54) is 27.1 Å². The fourth-order valence-electron chi connectivity index (χ4n) is 8.58. The molecule has 1 amide bonds. The average Bonchev–Trinajstić information content (AvgIpc) is 3.98. The molecule has 4 aromatic heterocycles. The molecule has 0 spiro atoms. The van der Waals surface area contributed by atoms with E-state index in [0.29, 0.717) is 19.1 Å². The molecule has 10 rings (SSSR count). The molecule has 366 valence electrons. The van der Waals surface area contributed by atoms with Gasteiger partial charge in [0.2, 0.25) is 0 Å². The van der Waals surface area contributed by atoms with Crippen LogP contribution in [0.25, 0.3) is 66.1 Å². The van der Waals surface area contributed by atoms with Crippen molar-refractivity contribution in [2.45, 2.75) is 83.9 Å². The first-order valence-corrected chi connectivity index (χ1v) is 22.4. The predicted octanol–water partition coefficient (Wildman–Crippen LogP) is 11.9. The van der Waals surface area contributed by atoms with Crippen molar-refractivity contribution in [2.24, 2.45) is 0 Å². The first-order valence-electron chi connectivity index (χ1n) is 22.4. The SMILES string of the molecule is C.CC(C)(C)OC(=O)N1CCC(n2cnc3c(-c4ccc5ccccc5c4)ccnc32)CC1.O=C(C(=O)C(F)(F)F)C(F)(F)F.c1ccc2cc(-c3ccnc4c3ncn4C3CCNCC3)ccc2c1. The van der Waals surface area contributed by atoms with E-state index < -0.39 is 29.5 Å². The quantitative estimate of drug-likeness (QED) is 0.132. The highest BCUT2D eigenvalue weighted by Crippen LogP contribution is 2.34. The number of alkyl halides is 6.